The van der Waals surface area contributed by atoms with Crippen molar-refractivity contribution in [1.29, 1.82) is 0 Å². The van der Waals surface area contributed by atoms with E-state index in [0.717, 1.165) is 23.4 Å². The van der Waals surface area contributed by atoms with E-state index in [1.165, 1.54) is 0 Å². The number of para-hydroxylation sites is 1. The minimum absolute atomic E-state index is 0.0296. The fourth-order valence-corrected chi connectivity index (χ4v) is 4.64. The van der Waals surface area contributed by atoms with Crippen LogP contribution in [0.2, 0.25) is 0 Å². The zero-order chi connectivity index (χ0) is 23.9. The summed E-state index contributed by atoms with van der Waals surface area (Å²) >= 11 is 0. The molecule has 6 nitrogen and oxygen atoms in total. The van der Waals surface area contributed by atoms with Crippen molar-refractivity contribution >= 4 is 23.2 Å². The number of benzene rings is 2. The third-order valence-electron chi connectivity index (χ3n) is 7.17. The summed E-state index contributed by atoms with van der Waals surface area (Å²) in [5, 5.41) is 3.63. The molecule has 4 rings (SSSR count). The van der Waals surface area contributed by atoms with E-state index in [2.05, 4.69) is 39.1 Å². The summed E-state index contributed by atoms with van der Waals surface area (Å²) in [6.07, 6.45) is 0.811. The minimum Gasteiger partial charge on any atom is -0.378 e. The van der Waals surface area contributed by atoms with Crippen LogP contribution in [0.15, 0.2) is 48.5 Å². The maximum absolute atomic E-state index is 13.5. The predicted molar refractivity (Wildman–Crippen MR) is 133 cm³/mol. The predicted octanol–water partition coefficient (Wildman–Crippen LogP) is 4.43. The van der Waals surface area contributed by atoms with Gasteiger partial charge in [0.1, 0.15) is 0 Å². The molecule has 0 radical (unpaired) electrons. The molecule has 1 unspecified atom stereocenters. The van der Waals surface area contributed by atoms with Gasteiger partial charge in [0.15, 0.2) is 0 Å². The fourth-order valence-electron chi connectivity index (χ4n) is 4.64. The number of anilines is 2. The molecule has 3 N–H and O–H groups in total. The Morgan fingerprint density at radius 2 is 1.70 bits per heavy atom. The van der Waals surface area contributed by atoms with Gasteiger partial charge in [-0.25, -0.2) is 0 Å². The molecule has 0 saturated carbocycles. The highest BCUT2D eigenvalue weighted by Crippen LogP contribution is 2.41. The molecule has 176 valence electrons. The van der Waals surface area contributed by atoms with Crippen molar-refractivity contribution in [2.75, 3.05) is 23.3 Å². The van der Waals surface area contributed by atoms with Gasteiger partial charge in [-0.2, -0.15) is 0 Å². The van der Waals surface area contributed by atoms with Crippen LogP contribution in [0.25, 0.3) is 0 Å². The number of carbonyl (C=O) groups is 2. The molecule has 3 atom stereocenters. The standard InChI is InChI=1S/C27H36N4O2/c1-17-14-23(29-21-12-10-19(11-13-21)26(33)30-15-20(28)16-30)22-8-6-7-9-24(22)31(17)25(32)18(2)27(3,4)5/h6-13,17-18,20,23,29H,14-16,28H2,1-5H3/t17-,18?,23+/m0/s1. The monoisotopic (exact) mass is 448 g/mol. The van der Waals surface area contributed by atoms with Crippen LogP contribution < -0.4 is 16.0 Å². The molecule has 6 heteroatoms. The third kappa shape index (κ3) is 4.62. The lowest BCUT2D eigenvalue weighted by Gasteiger charge is -2.42. The summed E-state index contributed by atoms with van der Waals surface area (Å²) in [7, 11) is 0. The lowest BCUT2D eigenvalue weighted by atomic mass is 9.80. The first kappa shape index (κ1) is 23.3. The Morgan fingerprint density at radius 1 is 1.06 bits per heavy atom. The molecule has 1 saturated heterocycles. The van der Waals surface area contributed by atoms with Gasteiger partial charge in [-0.1, -0.05) is 45.9 Å². The summed E-state index contributed by atoms with van der Waals surface area (Å²) in [4.78, 5) is 29.7. The smallest absolute Gasteiger partial charge is 0.253 e. The Bertz CT molecular complexity index is 1020. The van der Waals surface area contributed by atoms with E-state index in [-0.39, 0.29) is 41.3 Å². The zero-order valence-electron chi connectivity index (χ0n) is 20.3. The molecule has 33 heavy (non-hydrogen) atoms. The van der Waals surface area contributed by atoms with Gasteiger partial charge in [-0.3, -0.25) is 9.59 Å². The molecule has 2 aromatic rings. The van der Waals surface area contributed by atoms with Gasteiger partial charge in [0.25, 0.3) is 5.91 Å². The molecule has 0 aromatic heterocycles. The molecule has 0 aliphatic carbocycles. The lowest BCUT2D eigenvalue weighted by Crippen LogP contribution is -2.57. The first-order chi connectivity index (χ1) is 15.6. The summed E-state index contributed by atoms with van der Waals surface area (Å²) in [5.41, 5.74) is 9.45. The zero-order valence-corrected chi connectivity index (χ0v) is 20.3. The third-order valence-corrected chi connectivity index (χ3v) is 7.17. The Labute approximate surface area is 197 Å². The molecule has 2 aliphatic rings. The Kier molecular flexibility index (Phi) is 6.23. The molecule has 2 amide bonds. The SMILES string of the molecule is CC(C(=O)N1c2ccccc2[C@H](Nc2ccc(C(=O)N3CC(N)C3)cc2)C[C@@H]1C)C(C)(C)C. The van der Waals surface area contributed by atoms with E-state index in [0.29, 0.717) is 18.7 Å². The number of hydrogen-bond donors (Lipinski definition) is 2. The highest BCUT2D eigenvalue weighted by atomic mass is 16.2. The van der Waals surface area contributed by atoms with Crippen molar-refractivity contribution in [2.45, 2.75) is 59.2 Å². The highest BCUT2D eigenvalue weighted by Gasteiger charge is 2.38. The van der Waals surface area contributed by atoms with Crippen molar-refractivity contribution < 1.29 is 9.59 Å². The summed E-state index contributed by atoms with van der Waals surface area (Å²) in [5.74, 6) is 0.125. The fraction of sp³-hybridized carbons (Fsp3) is 0.481. The highest BCUT2D eigenvalue weighted by molar-refractivity contribution is 5.97. The second kappa shape index (κ2) is 8.82. The number of nitrogens with zero attached hydrogens (tertiary/aromatic N) is 2. The number of nitrogens with two attached hydrogens (primary N) is 1. The van der Waals surface area contributed by atoms with Gasteiger partial charge in [-0.15, -0.1) is 0 Å². The average Bonchev–Trinajstić information content (AvgIpc) is 2.75. The molecule has 1 fully saturated rings. The Morgan fingerprint density at radius 3 is 2.30 bits per heavy atom. The van der Waals surface area contributed by atoms with Gasteiger partial charge in [0.2, 0.25) is 5.91 Å². The molecule has 0 bridgehead atoms. The second-order valence-electron chi connectivity index (χ2n) is 10.7. The van der Waals surface area contributed by atoms with Crippen molar-refractivity contribution in [1.82, 2.24) is 4.90 Å². The van der Waals surface area contributed by atoms with Gasteiger partial charge in [-0.05, 0) is 54.7 Å². The van der Waals surface area contributed by atoms with E-state index >= 15 is 0 Å². The Balaban J connectivity index is 1.53. The number of likely N-dealkylation sites (tertiary alicyclic amines) is 1. The molecular formula is C27H36N4O2. The first-order valence-corrected chi connectivity index (χ1v) is 11.9. The number of hydrogen-bond acceptors (Lipinski definition) is 4. The lowest BCUT2D eigenvalue weighted by molar-refractivity contribution is -0.125. The largest absolute Gasteiger partial charge is 0.378 e. The second-order valence-corrected chi connectivity index (χ2v) is 10.7. The topological polar surface area (TPSA) is 78.7 Å². The van der Waals surface area contributed by atoms with Crippen molar-refractivity contribution in [3.05, 3.63) is 59.7 Å². The summed E-state index contributed by atoms with van der Waals surface area (Å²) < 4.78 is 0. The summed E-state index contributed by atoms with van der Waals surface area (Å²) in [6, 6.07) is 16.1. The van der Waals surface area contributed by atoms with Gasteiger partial charge in [0, 0.05) is 48.0 Å². The maximum Gasteiger partial charge on any atom is 0.253 e. The van der Waals surface area contributed by atoms with Crippen LogP contribution >= 0.6 is 0 Å². The first-order valence-electron chi connectivity index (χ1n) is 11.9. The number of nitrogens with one attached hydrogen (secondary N) is 1. The number of amides is 2. The molecule has 0 spiro atoms. The minimum atomic E-state index is -0.0961. The van der Waals surface area contributed by atoms with E-state index in [1.54, 1.807) is 4.90 Å². The van der Waals surface area contributed by atoms with E-state index in [1.807, 2.05) is 54.3 Å². The van der Waals surface area contributed by atoms with Crippen molar-refractivity contribution in [2.24, 2.45) is 17.1 Å². The van der Waals surface area contributed by atoms with Gasteiger partial charge < -0.3 is 20.9 Å². The molecule has 2 aliphatic heterocycles. The number of rotatable bonds is 4. The van der Waals surface area contributed by atoms with Gasteiger partial charge in [0.05, 0.1) is 6.04 Å². The van der Waals surface area contributed by atoms with E-state index in [9.17, 15) is 9.59 Å². The maximum atomic E-state index is 13.5. The number of fused-ring (bicyclic) bond motifs is 1. The Hall–Kier alpha value is -2.86. The normalized spacial score (nSPS) is 21.8. The van der Waals surface area contributed by atoms with Crippen molar-refractivity contribution in [3.63, 3.8) is 0 Å². The van der Waals surface area contributed by atoms with Crippen LogP contribution in [-0.2, 0) is 4.79 Å². The van der Waals surface area contributed by atoms with E-state index < -0.39 is 0 Å². The molecule has 2 heterocycles. The van der Waals surface area contributed by atoms with Crippen LogP contribution in [-0.4, -0.2) is 41.9 Å². The van der Waals surface area contributed by atoms with Crippen LogP contribution in [0.4, 0.5) is 11.4 Å². The van der Waals surface area contributed by atoms with Gasteiger partial charge >= 0.3 is 0 Å². The number of carbonyl (C=O) groups excluding carboxylic acids is 2. The van der Waals surface area contributed by atoms with E-state index in [4.69, 9.17) is 5.73 Å². The van der Waals surface area contributed by atoms with Crippen molar-refractivity contribution in [3.8, 4) is 0 Å². The van der Waals surface area contributed by atoms with Crippen LogP contribution in [0.5, 0.6) is 0 Å². The van der Waals surface area contributed by atoms with Crippen LogP contribution in [0, 0.1) is 11.3 Å². The molecular weight excluding hydrogens is 412 g/mol. The quantitative estimate of drug-likeness (QED) is 0.725. The van der Waals surface area contributed by atoms with Crippen LogP contribution in [0.3, 0.4) is 0 Å². The van der Waals surface area contributed by atoms with Crippen LogP contribution in [0.1, 0.15) is 63.0 Å². The average molecular weight is 449 g/mol. The molecule has 2 aromatic carbocycles. The summed E-state index contributed by atoms with van der Waals surface area (Å²) in [6.45, 7) is 11.7.